The molecule has 0 amide bonds. The number of ether oxygens (including phenoxy) is 1. The average molecular weight is 339 g/mol. The van der Waals surface area contributed by atoms with Crippen molar-refractivity contribution in [3.8, 4) is 5.88 Å². The van der Waals surface area contributed by atoms with E-state index >= 15 is 0 Å². The van der Waals surface area contributed by atoms with E-state index in [1.807, 2.05) is 0 Å². The molecule has 124 valence electrons. The summed E-state index contributed by atoms with van der Waals surface area (Å²) in [5, 5.41) is 19.7. The van der Waals surface area contributed by atoms with Crippen molar-refractivity contribution in [2.24, 2.45) is 5.90 Å². The largest absolute Gasteiger partial charge is 0.469 e. The van der Waals surface area contributed by atoms with Crippen LogP contribution in [0.15, 0.2) is 17.1 Å². The third-order valence-corrected chi connectivity index (χ3v) is 3.43. The summed E-state index contributed by atoms with van der Waals surface area (Å²) >= 11 is 0. The minimum absolute atomic E-state index is 0.157. The normalized spacial score (nSPS) is 28.8. The van der Waals surface area contributed by atoms with Gasteiger partial charge in [0.15, 0.2) is 6.23 Å². The van der Waals surface area contributed by atoms with E-state index in [0.717, 1.165) is 4.57 Å². The van der Waals surface area contributed by atoms with Gasteiger partial charge in [0.05, 0.1) is 6.61 Å². The van der Waals surface area contributed by atoms with Crippen molar-refractivity contribution >= 4 is 7.82 Å². The Morgan fingerprint density at radius 1 is 1.41 bits per heavy atom. The monoisotopic (exact) mass is 339 g/mol. The van der Waals surface area contributed by atoms with E-state index in [1.165, 1.54) is 12.3 Å². The summed E-state index contributed by atoms with van der Waals surface area (Å²) in [6.07, 6.45) is -4.44. The van der Waals surface area contributed by atoms with Crippen molar-refractivity contribution in [2.75, 3.05) is 6.61 Å². The zero-order chi connectivity index (χ0) is 16.5. The van der Waals surface area contributed by atoms with E-state index in [9.17, 15) is 19.6 Å². The molecule has 0 aromatic carbocycles. The molecule has 4 atom stereocenters. The first-order valence-corrected chi connectivity index (χ1v) is 7.43. The first-order valence-electron chi connectivity index (χ1n) is 5.90. The highest BCUT2D eigenvalue weighted by molar-refractivity contribution is 7.46. The summed E-state index contributed by atoms with van der Waals surface area (Å²) in [6.45, 7) is -0.675. The Hall–Kier alpha value is -1.37. The second-order valence-electron chi connectivity index (χ2n) is 4.41. The number of nitrogens with two attached hydrogens (primary N) is 1. The third-order valence-electron chi connectivity index (χ3n) is 2.94. The number of nitrogens with zero attached hydrogens (tertiary/aromatic N) is 2. The van der Waals surface area contributed by atoms with Crippen molar-refractivity contribution in [1.29, 1.82) is 0 Å². The molecule has 1 aliphatic rings. The lowest BCUT2D eigenvalue weighted by Gasteiger charge is -2.17. The van der Waals surface area contributed by atoms with E-state index in [-0.39, 0.29) is 5.88 Å². The van der Waals surface area contributed by atoms with Crippen molar-refractivity contribution < 1.29 is 38.7 Å². The second-order valence-corrected chi connectivity index (χ2v) is 5.65. The van der Waals surface area contributed by atoms with Crippen LogP contribution in [0.5, 0.6) is 5.88 Å². The molecule has 0 bridgehead atoms. The van der Waals surface area contributed by atoms with Gasteiger partial charge in [0, 0.05) is 12.3 Å². The molecule has 1 aromatic rings. The molecule has 2 unspecified atom stereocenters. The first-order chi connectivity index (χ1) is 10.2. The van der Waals surface area contributed by atoms with E-state index in [0.29, 0.717) is 0 Å². The van der Waals surface area contributed by atoms with Crippen LogP contribution < -0.4 is 16.4 Å². The summed E-state index contributed by atoms with van der Waals surface area (Å²) in [5.41, 5.74) is -0.865. The standard InChI is InChI=1S/C9H14N3O9P/c10-21-5-1-2-12(9(15)11-5)8-7(14)6(13)4(20-8)3-19-22(16,17)18/h1-2,4,6-8,13-14H,3,10H2,(H2,16,17,18)/t4-,6?,7?,8-/m1/s1. The van der Waals surface area contributed by atoms with Crippen LogP contribution in [0.4, 0.5) is 0 Å². The second kappa shape index (κ2) is 6.40. The molecule has 1 saturated heterocycles. The number of hydrogen-bond donors (Lipinski definition) is 5. The maximum atomic E-state index is 11.7. The van der Waals surface area contributed by atoms with Gasteiger partial charge >= 0.3 is 13.5 Å². The molecule has 2 rings (SSSR count). The molecule has 0 aliphatic carbocycles. The van der Waals surface area contributed by atoms with Gasteiger partial charge in [0.25, 0.3) is 0 Å². The lowest BCUT2D eigenvalue weighted by molar-refractivity contribution is -0.0543. The van der Waals surface area contributed by atoms with E-state index in [1.54, 1.807) is 0 Å². The van der Waals surface area contributed by atoms with Gasteiger partial charge in [-0.2, -0.15) is 10.9 Å². The van der Waals surface area contributed by atoms with Crippen LogP contribution in [-0.2, 0) is 13.8 Å². The van der Waals surface area contributed by atoms with Crippen LogP contribution in [0.3, 0.4) is 0 Å². The fourth-order valence-corrected chi connectivity index (χ4v) is 2.26. The maximum absolute atomic E-state index is 11.7. The highest BCUT2D eigenvalue weighted by atomic mass is 31.2. The van der Waals surface area contributed by atoms with Crippen molar-refractivity contribution in [2.45, 2.75) is 24.5 Å². The topological polar surface area (TPSA) is 187 Å². The summed E-state index contributed by atoms with van der Waals surface area (Å²) < 4.78 is 20.9. The maximum Gasteiger partial charge on any atom is 0.469 e. The molecule has 1 aromatic heterocycles. The molecule has 1 fully saturated rings. The Kier molecular flexibility index (Phi) is 4.94. The van der Waals surface area contributed by atoms with Gasteiger partial charge in [-0.1, -0.05) is 0 Å². The lowest BCUT2D eigenvalue weighted by atomic mass is 10.1. The van der Waals surface area contributed by atoms with Crippen molar-refractivity contribution in [3.05, 3.63) is 22.7 Å². The lowest BCUT2D eigenvalue weighted by Crippen LogP contribution is -2.36. The van der Waals surface area contributed by atoms with Gasteiger partial charge in [0.2, 0.25) is 5.88 Å². The molecule has 13 heteroatoms. The van der Waals surface area contributed by atoms with Crippen LogP contribution in [0.2, 0.25) is 0 Å². The summed E-state index contributed by atoms with van der Waals surface area (Å²) in [7, 11) is -4.76. The molecule has 12 nitrogen and oxygen atoms in total. The fourth-order valence-electron chi connectivity index (χ4n) is 1.92. The van der Waals surface area contributed by atoms with Gasteiger partial charge in [-0.15, -0.1) is 0 Å². The van der Waals surface area contributed by atoms with E-state index in [2.05, 4.69) is 14.3 Å². The molecular formula is C9H14N3O9P. The molecule has 1 aliphatic heterocycles. The highest BCUT2D eigenvalue weighted by Gasteiger charge is 2.45. The molecule has 6 N–H and O–H groups in total. The number of aromatic nitrogens is 2. The van der Waals surface area contributed by atoms with Gasteiger partial charge in [-0.05, 0) is 0 Å². The quantitative estimate of drug-likeness (QED) is 0.276. The van der Waals surface area contributed by atoms with Crippen LogP contribution >= 0.6 is 7.82 Å². The zero-order valence-corrected chi connectivity index (χ0v) is 11.8. The van der Waals surface area contributed by atoms with Crippen LogP contribution in [0.1, 0.15) is 6.23 Å². The first kappa shape index (κ1) is 17.0. The summed E-state index contributed by atoms with van der Waals surface area (Å²) in [4.78, 5) is 36.7. The summed E-state index contributed by atoms with van der Waals surface area (Å²) in [5.74, 6) is 4.70. The number of aliphatic hydroxyl groups excluding tert-OH is 2. The number of phosphoric ester groups is 1. The Morgan fingerprint density at radius 2 is 2.09 bits per heavy atom. The Bertz CT molecular complexity index is 631. The SMILES string of the molecule is NOc1ccn([C@@H]2O[C@H](COP(=O)(O)O)C(O)C2O)c(=O)n1. The predicted octanol–water partition coefficient (Wildman–Crippen LogP) is -2.78. The molecule has 0 spiro atoms. The summed E-state index contributed by atoms with van der Waals surface area (Å²) in [6, 6.07) is 1.23. The minimum atomic E-state index is -4.76. The number of rotatable bonds is 5. The molecule has 22 heavy (non-hydrogen) atoms. The average Bonchev–Trinajstić information content (AvgIpc) is 2.72. The highest BCUT2D eigenvalue weighted by Crippen LogP contribution is 2.38. The number of aliphatic hydroxyl groups is 2. The fraction of sp³-hybridized carbons (Fsp3) is 0.556. The zero-order valence-electron chi connectivity index (χ0n) is 10.9. The van der Waals surface area contributed by atoms with Crippen LogP contribution in [0.25, 0.3) is 0 Å². The molecule has 0 saturated carbocycles. The smallest absolute Gasteiger partial charge is 0.391 e. The Labute approximate surface area is 122 Å². The molecule has 0 radical (unpaired) electrons. The Balaban J connectivity index is 2.16. The van der Waals surface area contributed by atoms with Gasteiger partial charge in [-0.3, -0.25) is 9.09 Å². The van der Waals surface area contributed by atoms with E-state index in [4.69, 9.17) is 20.4 Å². The third kappa shape index (κ3) is 3.69. The minimum Gasteiger partial charge on any atom is -0.391 e. The van der Waals surface area contributed by atoms with Gasteiger partial charge in [0.1, 0.15) is 18.3 Å². The van der Waals surface area contributed by atoms with Gasteiger partial charge < -0.3 is 29.6 Å². The number of phosphoric acid groups is 1. The number of hydrogen-bond acceptors (Lipinski definition) is 9. The van der Waals surface area contributed by atoms with Crippen LogP contribution in [0, 0.1) is 0 Å². The van der Waals surface area contributed by atoms with Crippen molar-refractivity contribution in [1.82, 2.24) is 9.55 Å². The molecular weight excluding hydrogens is 325 g/mol. The Morgan fingerprint density at radius 3 is 2.64 bits per heavy atom. The van der Waals surface area contributed by atoms with Crippen LogP contribution in [-0.4, -0.2) is 54.5 Å². The predicted molar refractivity (Wildman–Crippen MR) is 67.2 cm³/mol. The van der Waals surface area contributed by atoms with Crippen molar-refractivity contribution in [3.63, 3.8) is 0 Å². The van der Waals surface area contributed by atoms with E-state index < -0.39 is 44.7 Å². The molecule has 2 heterocycles. The van der Waals surface area contributed by atoms with Gasteiger partial charge in [-0.25, -0.2) is 9.36 Å².